The van der Waals surface area contributed by atoms with E-state index in [1.165, 1.54) is 35.2 Å². The van der Waals surface area contributed by atoms with Crippen molar-refractivity contribution in [3.8, 4) is 0 Å². The van der Waals surface area contributed by atoms with Gasteiger partial charge in [0.1, 0.15) is 12.6 Å². The van der Waals surface area contributed by atoms with Crippen LogP contribution in [-0.2, 0) is 32.6 Å². The summed E-state index contributed by atoms with van der Waals surface area (Å²) in [5.41, 5.74) is 1.62. The fourth-order valence-electron chi connectivity index (χ4n) is 5.62. The van der Waals surface area contributed by atoms with Gasteiger partial charge >= 0.3 is 0 Å². The molecule has 0 unspecified atom stereocenters. The minimum atomic E-state index is -4.26. The lowest BCUT2D eigenvalue weighted by molar-refractivity contribution is -0.140. The van der Waals surface area contributed by atoms with E-state index in [0.29, 0.717) is 10.6 Å². The van der Waals surface area contributed by atoms with Crippen LogP contribution in [0, 0.1) is 0 Å². The average molecular weight is 699 g/mol. The van der Waals surface area contributed by atoms with Crippen molar-refractivity contribution >= 4 is 62.3 Å². The minimum Gasteiger partial charge on any atom is -0.352 e. The molecule has 7 nitrogen and oxygen atoms in total. The Morgan fingerprint density at radius 1 is 0.783 bits per heavy atom. The summed E-state index contributed by atoms with van der Waals surface area (Å²) < 4.78 is 29.2. The lowest BCUT2D eigenvalue weighted by atomic mass is 10.0. The molecule has 0 radical (unpaired) electrons. The van der Waals surface area contributed by atoms with Crippen molar-refractivity contribution in [2.75, 3.05) is 10.8 Å². The molecule has 0 aromatic heterocycles. The van der Waals surface area contributed by atoms with Crippen LogP contribution < -0.4 is 9.62 Å². The molecule has 0 bridgehead atoms. The molecule has 4 aromatic carbocycles. The zero-order valence-corrected chi connectivity index (χ0v) is 28.1. The maximum atomic E-state index is 14.6. The fraction of sp³-hybridized carbons (Fsp3) is 0.257. The molecular formula is C35H34Cl3N3O4S. The number of anilines is 1. The van der Waals surface area contributed by atoms with Gasteiger partial charge in [0.2, 0.25) is 11.8 Å². The maximum absolute atomic E-state index is 14.6. The highest BCUT2D eigenvalue weighted by Crippen LogP contribution is 2.31. The summed E-state index contributed by atoms with van der Waals surface area (Å²) in [6.07, 6.45) is 3.98. The van der Waals surface area contributed by atoms with E-state index in [-0.39, 0.29) is 45.5 Å². The molecule has 0 heterocycles. The smallest absolute Gasteiger partial charge is 0.264 e. The van der Waals surface area contributed by atoms with Gasteiger partial charge in [-0.2, -0.15) is 0 Å². The Labute approximate surface area is 285 Å². The molecule has 1 aliphatic carbocycles. The third kappa shape index (κ3) is 8.23. The molecule has 46 heavy (non-hydrogen) atoms. The van der Waals surface area contributed by atoms with Crippen molar-refractivity contribution in [3.63, 3.8) is 0 Å². The number of nitrogens with zero attached hydrogens (tertiary/aromatic N) is 2. The Bertz CT molecular complexity index is 1770. The van der Waals surface area contributed by atoms with E-state index in [9.17, 15) is 18.0 Å². The zero-order chi connectivity index (χ0) is 32.7. The van der Waals surface area contributed by atoms with Crippen LogP contribution >= 0.6 is 34.8 Å². The first-order chi connectivity index (χ1) is 22.1. The number of sulfonamides is 1. The Kier molecular flexibility index (Phi) is 11.3. The molecule has 1 saturated carbocycles. The molecule has 0 spiro atoms. The zero-order valence-electron chi connectivity index (χ0n) is 25.0. The predicted molar refractivity (Wildman–Crippen MR) is 184 cm³/mol. The van der Waals surface area contributed by atoms with Gasteiger partial charge in [-0.05, 0) is 60.4 Å². The van der Waals surface area contributed by atoms with Crippen LogP contribution in [0.5, 0.6) is 0 Å². The normalized spacial score (nSPS) is 14.1. The van der Waals surface area contributed by atoms with Crippen LogP contribution in [0.15, 0.2) is 108 Å². The second-order valence-corrected chi connectivity index (χ2v) is 14.3. The first kappa shape index (κ1) is 33.8. The fourth-order valence-corrected chi connectivity index (χ4v) is 7.54. The molecule has 1 atom stereocenters. The summed E-state index contributed by atoms with van der Waals surface area (Å²) in [6.45, 7) is -0.629. The SMILES string of the molecule is O=C(NC1CCCC1)[C@H](Cc1ccccc1)N(Cc1ccccc1Cl)C(=O)CN(c1ccc(Cl)c(Cl)c1)S(=O)(=O)c1ccccc1. The molecule has 1 fully saturated rings. The Balaban J connectivity index is 1.58. The number of hydrogen-bond acceptors (Lipinski definition) is 4. The van der Waals surface area contributed by atoms with Crippen molar-refractivity contribution in [1.82, 2.24) is 10.2 Å². The van der Waals surface area contributed by atoms with Crippen molar-refractivity contribution in [3.05, 3.63) is 129 Å². The van der Waals surface area contributed by atoms with Gasteiger partial charge in [0, 0.05) is 24.0 Å². The van der Waals surface area contributed by atoms with E-state index in [1.807, 2.05) is 30.3 Å². The standard InChI is InChI=1S/C35H34Cl3N3O4S/c36-30-18-10-7-13-26(30)23-40(33(21-25-11-3-1-4-12-25)35(43)39-27-14-8-9-15-27)34(42)24-41(28-19-20-31(37)32(38)22-28)46(44,45)29-16-5-2-6-17-29/h1-7,10-13,16-20,22,27,33H,8-9,14-15,21,23-24H2,(H,39,43)/t33-/m0/s1. The first-order valence-electron chi connectivity index (χ1n) is 15.0. The van der Waals surface area contributed by atoms with Crippen LogP contribution in [-0.4, -0.2) is 43.8 Å². The maximum Gasteiger partial charge on any atom is 0.264 e. The molecule has 0 saturated heterocycles. The average Bonchev–Trinajstić information content (AvgIpc) is 3.57. The van der Waals surface area contributed by atoms with E-state index in [4.69, 9.17) is 34.8 Å². The lowest BCUT2D eigenvalue weighted by Crippen LogP contribution is -2.54. The van der Waals surface area contributed by atoms with Crippen molar-refractivity contribution in [1.29, 1.82) is 0 Å². The van der Waals surface area contributed by atoms with Crippen molar-refractivity contribution < 1.29 is 18.0 Å². The molecule has 2 amide bonds. The number of carbonyl (C=O) groups is 2. The van der Waals surface area contributed by atoms with Crippen LogP contribution in [0.3, 0.4) is 0 Å². The minimum absolute atomic E-state index is 0.00802. The molecule has 0 aliphatic heterocycles. The summed E-state index contributed by atoms with van der Waals surface area (Å²) in [4.78, 5) is 30.1. The summed E-state index contributed by atoms with van der Waals surface area (Å²) in [5, 5.41) is 3.95. The number of benzene rings is 4. The van der Waals surface area contributed by atoms with Gasteiger partial charge in [0.15, 0.2) is 0 Å². The topological polar surface area (TPSA) is 86.8 Å². The second-order valence-electron chi connectivity index (χ2n) is 11.2. The Hall–Kier alpha value is -3.56. The monoisotopic (exact) mass is 697 g/mol. The summed E-state index contributed by atoms with van der Waals surface area (Å²) in [6, 6.07) is 27.8. The van der Waals surface area contributed by atoms with Gasteiger partial charge in [0.25, 0.3) is 10.0 Å². The highest BCUT2D eigenvalue weighted by Gasteiger charge is 2.36. The van der Waals surface area contributed by atoms with Gasteiger partial charge in [-0.25, -0.2) is 8.42 Å². The number of amides is 2. The molecule has 1 N–H and O–H groups in total. The molecule has 4 aromatic rings. The van der Waals surface area contributed by atoms with E-state index >= 15 is 0 Å². The van der Waals surface area contributed by atoms with E-state index in [2.05, 4.69) is 5.32 Å². The van der Waals surface area contributed by atoms with E-state index in [0.717, 1.165) is 35.6 Å². The highest BCUT2D eigenvalue weighted by atomic mass is 35.5. The second kappa shape index (κ2) is 15.4. The third-order valence-corrected chi connectivity index (χ3v) is 11.0. The number of hydrogen-bond donors (Lipinski definition) is 1. The van der Waals surface area contributed by atoms with Gasteiger partial charge in [-0.1, -0.05) is 114 Å². The van der Waals surface area contributed by atoms with Gasteiger partial charge in [-0.3, -0.25) is 13.9 Å². The highest BCUT2D eigenvalue weighted by molar-refractivity contribution is 7.92. The quantitative estimate of drug-likeness (QED) is 0.166. The largest absolute Gasteiger partial charge is 0.352 e. The molecule has 5 rings (SSSR count). The van der Waals surface area contributed by atoms with Crippen LogP contribution in [0.1, 0.15) is 36.8 Å². The number of rotatable bonds is 12. The van der Waals surface area contributed by atoms with E-state index < -0.39 is 28.5 Å². The van der Waals surface area contributed by atoms with Gasteiger partial charge < -0.3 is 10.2 Å². The summed E-state index contributed by atoms with van der Waals surface area (Å²) >= 11 is 19.1. The van der Waals surface area contributed by atoms with Gasteiger partial charge in [-0.15, -0.1) is 0 Å². The number of halogens is 3. The van der Waals surface area contributed by atoms with E-state index in [1.54, 1.807) is 42.5 Å². The van der Waals surface area contributed by atoms with Crippen LogP contribution in [0.2, 0.25) is 15.1 Å². The molecule has 11 heteroatoms. The lowest BCUT2D eigenvalue weighted by Gasteiger charge is -2.34. The molecule has 1 aliphatic rings. The third-order valence-electron chi connectivity index (χ3n) is 8.07. The van der Waals surface area contributed by atoms with Gasteiger partial charge in [0.05, 0.1) is 20.6 Å². The molecule has 240 valence electrons. The number of carbonyl (C=O) groups excluding carboxylic acids is 2. The number of nitrogens with one attached hydrogen (secondary N) is 1. The molecular weight excluding hydrogens is 665 g/mol. The van der Waals surface area contributed by atoms with Crippen molar-refractivity contribution in [2.24, 2.45) is 0 Å². The van der Waals surface area contributed by atoms with Crippen molar-refractivity contribution in [2.45, 2.75) is 55.6 Å². The Morgan fingerprint density at radius 2 is 1.41 bits per heavy atom. The van der Waals surface area contributed by atoms with Crippen LogP contribution in [0.25, 0.3) is 0 Å². The first-order valence-corrected chi connectivity index (χ1v) is 17.6. The Morgan fingerprint density at radius 3 is 2.07 bits per heavy atom. The van der Waals surface area contributed by atoms with Crippen LogP contribution in [0.4, 0.5) is 5.69 Å². The summed E-state index contributed by atoms with van der Waals surface area (Å²) in [5.74, 6) is -0.892. The predicted octanol–water partition coefficient (Wildman–Crippen LogP) is 7.54. The summed E-state index contributed by atoms with van der Waals surface area (Å²) in [7, 11) is -4.26.